The second-order valence-electron chi connectivity index (χ2n) is 4.44. The first kappa shape index (κ1) is 12.2. The van der Waals surface area contributed by atoms with Crippen LogP contribution in [0.15, 0.2) is 36.7 Å². The number of aromatic nitrogens is 2. The summed E-state index contributed by atoms with van der Waals surface area (Å²) < 4.78 is 0. The fraction of sp³-hybridized carbons (Fsp3) is 0.214. The number of rotatable bonds is 3. The topological polar surface area (TPSA) is 68.9 Å². The van der Waals surface area contributed by atoms with Gasteiger partial charge >= 0.3 is 0 Å². The molecule has 0 spiro atoms. The summed E-state index contributed by atoms with van der Waals surface area (Å²) in [5.41, 5.74) is 7.59. The van der Waals surface area contributed by atoms with Crippen molar-refractivity contribution in [3.63, 3.8) is 0 Å². The summed E-state index contributed by atoms with van der Waals surface area (Å²) in [6, 6.07) is 7.01. The molecule has 0 fully saturated rings. The molecule has 92 valence electrons. The zero-order valence-electron chi connectivity index (χ0n) is 10.4. The largest absolute Gasteiger partial charge is 0.366 e. The smallest absolute Gasteiger partial charge is 0.248 e. The number of nitrogens with zero attached hydrogens (tertiary/aromatic N) is 2. The Morgan fingerprint density at radius 3 is 2.44 bits per heavy atom. The lowest BCUT2D eigenvalue weighted by Crippen LogP contribution is -2.10. The number of amides is 1. The average molecular weight is 241 g/mol. The van der Waals surface area contributed by atoms with Crippen LogP contribution in [0.5, 0.6) is 0 Å². The van der Waals surface area contributed by atoms with Gasteiger partial charge in [-0.2, -0.15) is 0 Å². The predicted molar refractivity (Wildman–Crippen MR) is 70.1 cm³/mol. The van der Waals surface area contributed by atoms with Crippen LogP contribution in [0.3, 0.4) is 0 Å². The lowest BCUT2D eigenvalue weighted by atomic mass is 10.1. The third-order valence-corrected chi connectivity index (χ3v) is 2.74. The minimum Gasteiger partial charge on any atom is -0.366 e. The normalized spacial score (nSPS) is 10.6. The Morgan fingerprint density at radius 2 is 1.89 bits per heavy atom. The Hall–Kier alpha value is -2.23. The van der Waals surface area contributed by atoms with E-state index in [0.29, 0.717) is 17.3 Å². The van der Waals surface area contributed by atoms with E-state index in [2.05, 4.69) is 23.8 Å². The summed E-state index contributed by atoms with van der Waals surface area (Å²) in [5, 5.41) is 0. The molecule has 1 aromatic carbocycles. The first-order valence-electron chi connectivity index (χ1n) is 5.80. The molecule has 2 rings (SSSR count). The molecule has 0 aliphatic carbocycles. The van der Waals surface area contributed by atoms with Crippen molar-refractivity contribution in [1.82, 2.24) is 9.97 Å². The summed E-state index contributed by atoms with van der Waals surface area (Å²) in [6.07, 6.45) is 3.62. The van der Waals surface area contributed by atoms with E-state index in [1.54, 1.807) is 18.2 Å². The summed E-state index contributed by atoms with van der Waals surface area (Å²) in [7, 11) is 0. The van der Waals surface area contributed by atoms with Crippen molar-refractivity contribution in [2.45, 2.75) is 19.8 Å². The van der Waals surface area contributed by atoms with E-state index in [1.165, 1.54) is 0 Å². The quantitative estimate of drug-likeness (QED) is 0.896. The van der Waals surface area contributed by atoms with Gasteiger partial charge < -0.3 is 5.73 Å². The second-order valence-corrected chi connectivity index (χ2v) is 4.44. The van der Waals surface area contributed by atoms with Crippen LogP contribution in [0.4, 0.5) is 0 Å². The molecule has 1 amide bonds. The van der Waals surface area contributed by atoms with Crippen LogP contribution in [0.1, 0.15) is 35.7 Å². The number of carbonyl (C=O) groups excluding carboxylic acids is 1. The fourth-order valence-electron chi connectivity index (χ4n) is 1.60. The highest BCUT2D eigenvalue weighted by Gasteiger charge is 2.06. The molecule has 0 unspecified atom stereocenters. The van der Waals surface area contributed by atoms with Crippen molar-refractivity contribution in [1.29, 1.82) is 0 Å². The number of benzene rings is 1. The van der Waals surface area contributed by atoms with Crippen LogP contribution >= 0.6 is 0 Å². The predicted octanol–water partition coefficient (Wildman–Crippen LogP) is 2.37. The Kier molecular flexibility index (Phi) is 3.37. The Bertz CT molecular complexity index is 562. The van der Waals surface area contributed by atoms with Crippen molar-refractivity contribution in [2.75, 3.05) is 0 Å². The highest BCUT2D eigenvalue weighted by atomic mass is 16.1. The fourth-order valence-corrected chi connectivity index (χ4v) is 1.60. The standard InChI is InChI=1S/C14H15N3O/c1-9(2)12-7-16-14(17-8-12)11-5-3-4-10(6-11)13(15)18/h3-9H,1-2H3,(H2,15,18). The molecule has 0 atom stereocenters. The van der Waals surface area contributed by atoms with Crippen LogP contribution in [0, 0.1) is 0 Å². The molecular formula is C14H15N3O. The molecule has 0 aliphatic rings. The molecule has 2 N–H and O–H groups in total. The molecule has 0 bridgehead atoms. The highest BCUT2D eigenvalue weighted by Crippen LogP contribution is 2.18. The lowest BCUT2D eigenvalue weighted by Gasteiger charge is -2.05. The van der Waals surface area contributed by atoms with Crippen molar-refractivity contribution in [2.24, 2.45) is 5.73 Å². The third kappa shape index (κ3) is 2.53. The number of nitrogens with two attached hydrogens (primary N) is 1. The second kappa shape index (κ2) is 4.96. The molecule has 1 aromatic heterocycles. The summed E-state index contributed by atoms with van der Waals surface area (Å²) in [5.74, 6) is 0.550. The van der Waals surface area contributed by atoms with Gasteiger partial charge in [-0.1, -0.05) is 26.0 Å². The van der Waals surface area contributed by atoms with Gasteiger partial charge in [0.15, 0.2) is 5.82 Å². The van der Waals surface area contributed by atoms with Crippen molar-refractivity contribution >= 4 is 5.91 Å². The number of carbonyl (C=O) groups is 1. The molecule has 0 saturated heterocycles. The van der Waals surface area contributed by atoms with Gasteiger partial charge in [-0.05, 0) is 23.6 Å². The van der Waals surface area contributed by atoms with Gasteiger partial charge in [-0.25, -0.2) is 9.97 Å². The number of primary amides is 1. The van der Waals surface area contributed by atoms with Gasteiger partial charge in [0.25, 0.3) is 0 Å². The van der Waals surface area contributed by atoms with E-state index in [0.717, 1.165) is 11.1 Å². The molecule has 1 heterocycles. The van der Waals surface area contributed by atoms with Crippen molar-refractivity contribution in [3.8, 4) is 11.4 Å². The molecular weight excluding hydrogens is 226 g/mol. The van der Waals surface area contributed by atoms with E-state index in [-0.39, 0.29) is 0 Å². The maximum absolute atomic E-state index is 11.1. The van der Waals surface area contributed by atoms with E-state index >= 15 is 0 Å². The molecule has 0 radical (unpaired) electrons. The zero-order valence-corrected chi connectivity index (χ0v) is 10.4. The first-order valence-corrected chi connectivity index (χ1v) is 5.80. The number of hydrogen-bond donors (Lipinski definition) is 1. The molecule has 0 aliphatic heterocycles. The SMILES string of the molecule is CC(C)c1cnc(-c2cccc(C(N)=O)c2)nc1. The minimum atomic E-state index is -0.448. The summed E-state index contributed by atoms with van der Waals surface area (Å²) >= 11 is 0. The molecule has 4 heteroatoms. The van der Waals surface area contributed by atoms with Gasteiger partial charge in [-0.15, -0.1) is 0 Å². The van der Waals surface area contributed by atoms with E-state index in [4.69, 9.17) is 5.73 Å². The van der Waals surface area contributed by atoms with Crippen molar-refractivity contribution < 1.29 is 4.79 Å². The Morgan fingerprint density at radius 1 is 1.22 bits per heavy atom. The zero-order chi connectivity index (χ0) is 13.1. The van der Waals surface area contributed by atoms with E-state index < -0.39 is 5.91 Å². The molecule has 0 saturated carbocycles. The highest BCUT2D eigenvalue weighted by molar-refractivity contribution is 5.93. The number of hydrogen-bond acceptors (Lipinski definition) is 3. The van der Waals surface area contributed by atoms with Crippen LogP contribution in [-0.4, -0.2) is 15.9 Å². The summed E-state index contributed by atoms with van der Waals surface area (Å²) in [4.78, 5) is 19.7. The van der Waals surface area contributed by atoms with E-state index in [1.807, 2.05) is 18.5 Å². The monoisotopic (exact) mass is 241 g/mol. The molecule has 18 heavy (non-hydrogen) atoms. The van der Waals surface area contributed by atoms with Gasteiger partial charge in [0.2, 0.25) is 5.91 Å². The third-order valence-electron chi connectivity index (χ3n) is 2.74. The Labute approximate surface area is 106 Å². The van der Waals surface area contributed by atoms with Gasteiger partial charge in [0.1, 0.15) is 0 Å². The first-order chi connectivity index (χ1) is 8.58. The average Bonchev–Trinajstić information content (AvgIpc) is 2.39. The van der Waals surface area contributed by atoms with Crippen LogP contribution in [0.2, 0.25) is 0 Å². The molecule has 2 aromatic rings. The maximum atomic E-state index is 11.1. The van der Waals surface area contributed by atoms with Crippen LogP contribution < -0.4 is 5.73 Å². The maximum Gasteiger partial charge on any atom is 0.248 e. The van der Waals surface area contributed by atoms with Gasteiger partial charge in [0.05, 0.1) is 0 Å². The van der Waals surface area contributed by atoms with Crippen LogP contribution in [-0.2, 0) is 0 Å². The lowest BCUT2D eigenvalue weighted by molar-refractivity contribution is 0.100. The van der Waals surface area contributed by atoms with Crippen molar-refractivity contribution in [3.05, 3.63) is 47.8 Å². The minimum absolute atomic E-state index is 0.399. The van der Waals surface area contributed by atoms with Gasteiger partial charge in [0, 0.05) is 23.5 Å². The van der Waals surface area contributed by atoms with Crippen LogP contribution in [0.25, 0.3) is 11.4 Å². The van der Waals surface area contributed by atoms with E-state index in [9.17, 15) is 4.79 Å². The Balaban J connectivity index is 2.36. The van der Waals surface area contributed by atoms with Gasteiger partial charge in [-0.3, -0.25) is 4.79 Å². The molecule has 4 nitrogen and oxygen atoms in total. The summed E-state index contributed by atoms with van der Waals surface area (Å²) in [6.45, 7) is 4.18.